The van der Waals surface area contributed by atoms with Crippen molar-refractivity contribution in [3.63, 3.8) is 0 Å². The van der Waals surface area contributed by atoms with Crippen molar-refractivity contribution in [2.24, 2.45) is 0 Å². The first-order valence-corrected chi connectivity index (χ1v) is 7.94. The van der Waals surface area contributed by atoms with Gasteiger partial charge in [-0.25, -0.2) is 9.18 Å². The molecule has 0 bridgehead atoms. The molecule has 25 heavy (non-hydrogen) atoms. The summed E-state index contributed by atoms with van der Waals surface area (Å²) in [6.07, 6.45) is 0. The molecule has 0 aliphatic carbocycles. The number of carbonyl (C=O) groups is 1. The number of nitrogens with one attached hydrogen (secondary N) is 1. The zero-order valence-corrected chi connectivity index (χ0v) is 14.4. The summed E-state index contributed by atoms with van der Waals surface area (Å²) < 4.78 is 13.2. The van der Waals surface area contributed by atoms with Gasteiger partial charge in [0.05, 0.1) is 11.3 Å². The molecule has 0 saturated heterocycles. The van der Waals surface area contributed by atoms with E-state index in [2.05, 4.69) is 5.32 Å². The molecule has 6 heteroatoms. The van der Waals surface area contributed by atoms with E-state index in [0.29, 0.717) is 25.3 Å². The normalized spacial score (nSPS) is 10.4. The van der Waals surface area contributed by atoms with E-state index in [1.165, 1.54) is 12.1 Å². The number of hydrogen-bond donors (Lipinski definition) is 1. The zero-order chi connectivity index (χ0) is 18.2. The van der Waals surface area contributed by atoms with E-state index < -0.39 is 5.82 Å². The largest absolute Gasteiger partial charge is 0.322 e. The second kappa shape index (κ2) is 8.81. The highest BCUT2D eigenvalue weighted by molar-refractivity contribution is 5.90. The fraction of sp³-hybridized carbons (Fsp3) is 0.263. The van der Waals surface area contributed by atoms with Gasteiger partial charge in [-0.2, -0.15) is 5.26 Å². The van der Waals surface area contributed by atoms with E-state index in [1.54, 1.807) is 4.90 Å². The molecule has 2 aromatic carbocycles. The monoisotopic (exact) mass is 340 g/mol. The molecule has 0 aromatic heterocycles. The summed E-state index contributed by atoms with van der Waals surface area (Å²) in [5.74, 6) is -0.511. The summed E-state index contributed by atoms with van der Waals surface area (Å²) in [6, 6.07) is 15.0. The molecular formula is C19H21FN4O. The van der Waals surface area contributed by atoms with Crippen molar-refractivity contribution < 1.29 is 9.18 Å². The lowest BCUT2D eigenvalue weighted by Crippen LogP contribution is -2.39. The quantitative estimate of drug-likeness (QED) is 0.878. The minimum Gasteiger partial charge on any atom is -0.319 e. The van der Waals surface area contributed by atoms with Crippen molar-refractivity contribution in [2.75, 3.05) is 32.5 Å². The Morgan fingerprint density at radius 1 is 1.16 bits per heavy atom. The van der Waals surface area contributed by atoms with Crippen LogP contribution in [0.5, 0.6) is 0 Å². The Hall–Kier alpha value is -2.91. The van der Waals surface area contributed by atoms with Crippen LogP contribution in [0, 0.1) is 17.1 Å². The molecule has 2 aromatic rings. The van der Waals surface area contributed by atoms with Gasteiger partial charge in [0.1, 0.15) is 11.9 Å². The number of rotatable bonds is 6. The SMILES string of the molecule is CN(C)CCN(Cc1ccccc1)C(=O)Nc1ccc(F)cc1C#N. The number of halogens is 1. The summed E-state index contributed by atoms with van der Waals surface area (Å²) in [5.41, 5.74) is 1.41. The third kappa shape index (κ3) is 5.59. The highest BCUT2D eigenvalue weighted by Crippen LogP contribution is 2.17. The van der Waals surface area contributed by atoms with Crippen molar-refractivity contribution in [1.29, 1.82) is 5.26 Å². The predicted molar refractivity (Wildman–Crippen MR) is 95.5 cm³/mol. The molecule has 5 nitrogen and oxygen atoms in total. The smallest absolute Gasteiger partial charge is 0.319 e. The topological polar surface area (TPSA) is 59.4 Å². The van der Waals surface area contributed by atoms with Crippen LogP contribution in [0.15, 0.2) is 48.5 Å². The lowest BCUT2D eigenvalue weighted by molar-refractivity contribution is 0.202. The molecular weight excluding hydrogens is 319 g/mol. The van der Waals surface area contributed by atoms with Crippen LogP contribution in [0.1, 0.15) is 11.1 Å². The predicted octanol–water partition coefficient (Wildman–Crippen LogP) is 3.29. The van der Waals surface area contributed by atoms with Crippen molar-refractivity contribution in [1.82, 2.24) is 9.80 Å². The van der Waals surface area contributed by atoms with Crippen LogP contribution in [0.3, 0.4) is 0 Å². The Labute approximate surface area is 147 Å². The van der Waals surface area contributed by atoms with Crippen LogP contribution in [0.2, 0.25) is 0 Å². The molecule has 1 N–H and O–H groups in total. The van der Waals surface area contributed by atoms with Crippen LogP contribution in [-0.2, 0) is 6.54 Å². The van der Waals surface area contributed by atoms with Crippen LogP contribution < -0.4 is 5.32 Å². The number of anilines is 1. The van der Waals surface area contributed by atoms with Gasteiger partial charge in [0, 0.05) is 19.6 Å². The van der Waals surface area contributed by atoms with Gasteiger partial charge < -0.3 is 15.1 Å². The van der Waals surface area contributed by atoms with Gasteiger partial charge in [-0.1, -0.05) is 30.3 Å². The Morgan fingerprint density at radius 2 is 1.88 bits per heavy atom. The maximum absolute atomic E-state index is 13.2. The average Bonchev–Trinajstić information content (AvgIpc) is 2.60. The van der Waals surface area contributed by atoms with Crippen molar-refractivity contribution >= 4 is 11.7 Å². The Balaban J connectivity index is 2.15. The molecule has 0 spiro atoms. The lowest BCUT2D eigenvalue weighted by atomic mass is 10.2. The standard InChI is InChI=1S/C19H21FN4O/c1-23(2)10-11-24(14-15-6-4-3-5-7-15)19(25)22-18-9-8-17(20)12-16(18)13-21/h3-9,12H,10-11,14H2,1-2H3,(H,22,25). The second-order valence-corrected chi connectivity index (χ2v) is 5.94. The Morgan fingerprint density at radius 3 is 2.52 bits per heavy atom. The van der Waals surface area contributed by atoms with Crippen LogP contribution >= 0.6 is 0 Å². The molecule has 0 atom stereocenters. The third-order valence-electron chi connectivity index (χ3n) is 3.66. The number of likely N-dealkylation sites (N-methyl/N-ethyl adjacent to an activating group) is 1. The molecule has 2 rings (SSSR count). The first kappa shape index (κ1) is 18.4. The fourth-order valence-electron chi connectivity index (χ4n) is 2.29. The maximum Gasteiger partial charge on any atom is 0.322 e. The molecule has 0 heterocycles. The number of hydrogen-bond acceptors (Lipinski definition) is 3. The molecule has 2 amide bonds. The molecule has 0 unspecified atom stereocenters. The summed E-state index contributed by atoms with van der Waals surface area (Å²) in [6.45, 7) is 1.68. The summed E-state index contributed by atoms with van der Waals surface area (Å²) >= 11 is 0. The zero-order valence-electron chi connectivity index (χ0n) is 14.4. The van der Waals surface area contributed by atoms with Gasteiger partial charge in [-0.3, -0.25) is 0 Å². The first-order valence-electron chi connectivity index (χ1n) is 7.94. The van der Waals surface area contributed by atoms with Crippen LogP contribution in [0.25, 0.3) is 0 Å². The Kier molecular flexibility index (Phi) is 6.49. The van der Waals surface area contributed by atoms with E-state index in [-0.39, 0.29) is 11.6 Å². The number of amides is 2. The summed E-state index contributed by atoms with van der Waals surface area (Å²) in [4.78, 5) is 16.3. The lowest BCUT2D eigenvalue weighted by Gasteiger charge is -2.25. The summed E-state index contributed by atoms with van der Waals surface area (Å²) in [7, 11) is 3.87. The molecule has 0 aliphatic rings. The number of nitrogens with zero attached hydrogens (tertiary/aromatic N) is 3. The fourth-order valence-corrected chi connectivity index (χ4v) is 2.29. The summed E-state index contributed by atoms with van der Waals surface area (Å²) in [5, 5.41) is 11.8. The number of urea groups is 1. The second-order valence-electron chi connectivity index (χ2n) is 5.94. The highest BCUT2D eigenvalue weighted by Gasteiger charge is 2.16. The molecule has 130 valence electrons. The van der Waals surface area contributed by atoms with Crippen molar-refractivity contribution in [3.8, 4) is 6.07 Å². The van der Waals surface area contributed by atoms with Gasteiger partial charge in [0.25, 0.3) is 0 Å². The minimum atomic E-state index is -0.511. The van der Waals surface area contributed by atoms with Gasteiger partial charge in [0.2, 0.25) is 0 Å². The number of carbonyl (C=O) groups excluding carboxylic acids is 1. The van der Waals surface area contributed by atoms with Crippen LogP contribution in [0.4, 0.5) is 14.9 Å². The van der Waals surface area contributed by atoms with E-state index in [9.17, 15) is 9.18 Å². The van der Waals surface area contributed by atoms with Crippen molar-refractivity contribution in [3.05, 3.63) is 65.5 Å². The molecule has 0 fully saturated rings. The van der Waals surface area contributed by atoms with Gasteiger partial charge in [0.15, 0.2) is 0 Å². The van der Waals surface area contributed by atoms with E-state index in [0.717, 1.165) is 11.6 Å². The average molecular weight is 340 g/mol. The number of nitriles is 1. The van der Waals surface area contributed by atoms with Crippen LogP contribution in [-0.4, -0.2) is 43.0 Å². The van der Waals surface area contributed by atoms with E-state index in [1.807, 2.05) is 55.4 Å². The van der Waals surface area contributed by atoms with E-state index >= 15 is 0 Å². The first-order chi connectivity index (χ1) is 12.0. The highest BCUT2D eigenvalue weighted by atomic mass is 19.1. The van der Waals surface area contributed by atoms with Gasteiger partial charge >= 0.3 is 6.03 Å². The molecule has 0 aliphatic heterocycles. The van der Waals surface area contributed by atoms with E-state index in [4.69, 9.17) is 5.26 Å². The molecule has 0 radical (unpaired) electrons. The Bertz CT molecular complexity index is 756. The van der Waals surface area contributed by atoms with Gasteiger partial charge in [-0.05, 0) is 37.9 Å². The minimum absolute atomic E-state index is 0.0978. The number of benzene rings is 2. The van der Waals surface area contributed by atoms with Gasteiger partial charge in [-0.15, -0.1) is 0 Å². The molecule has 0 saturated carbocycles. The maximum atomic E-state index is 13.2. The third-order valence-corrected chi connectivity index (χ3v) is 3.66. The van der Waals surface area contributed by atoms with Crippen molar-refractivity contribution in [2.45, 2.75) is 6.54 Å².